The van der Waals surface area contributed by atoms with E-state index in [9.17, 15) is 0 Å². The summed E-state index contributed by atoms with van der Waals surface area (Å²) in [6.45, 7) is 12.1. The van der Waals surface area contributed by atoms with Crippen LogP contribution in [0, 0.1) is 19.8 Å². The van der Waals surface area contributed by atoms with Gasteiger partial charge in [0.2, 0.25) is 0 Å². The van der Waals surface area contributed by atoms with Crippen LogP contribution in [0.15, 0.2) is 15.8 Å². The Hall–Kier alpha value is -1.51. The van der Waals surface area contributed by atoms with Crippen molar-refractivity contribution < 1.29 is 0 Å². The lowest BCUT2D eigenvalue weighted by atomic mass is 9.97. The van der Waals surface area contributed by atoms with Crippen molar-refractivity contribution in [1.29, 1.82) is 0 Å². The van der Waals surface area contributed by atoms with E-state index in [1.54, 1.807) is 22.7 Å². The Morgan fingerprint density at radius 2 is 1.82 bits per heavy atom. The van der Waals surface area contributed by atoms with E-state index in [0.29, 0.717) is 5.92 Å². The zero-order valence-corrected chi connectivity index (χ0v) is 19.1. The molecular weight excluding hydrogens is 388 g/mol. The summed E-state index contributed by atoms with van der Waals surface area (Å²) in [4.78, 5) is 18.8. The van der Waals surface area contributed by atoms with Gasteiger partial charge < -0.3 is 10.2 Å². The predicted molar refractivity (Wildman–Crippen MR) is 119 cm³/mol. The highest BCUT2D eigenvalue weighted by molar-refractivity contribution is 7.09. The van der Waals surface area contributed by atoms with E-state index >= 15 is 0 Å². The molecule has 2 aromatic heterocycles. The highest BCUT2D eigenvalue weighted by atomic mass is 32.1. The zero-order chi connectivity index (χ0) is 19.9. The number of thiazole rings is 2. The van der Waals surface area contributed by atoms with Gasteiger partial charge in [-0.05, 0) is 52.6 Å². The normalized spacial score (nSPS) is 16.5. The largest absolute Gasteiger partial charge is 0.357 e. The van der Waals surface area contributed by atoms with Gasteiger partial charge >= 0.3 is 0 Å². The number of nitrogens with one attached hydrogen (secondary N) is 1. The van der Waals surface area contributed by atoms with Crippen molar-refractivity contribution in [3.8, 4) is 0 Å². The summed E-state index contributed by atoms with van der Waals surface area (Å²) in [6, 6.07) is 0. The van der Waals surface area contributed by atoms with E-state index in [2.05, 4.69) is 63.7 Å². The Morgan fingerprint density at radius 3 is 2.39 bits per heavy atom. The molecule has 0 unspecified atom stereocenters. The van der Waals surface area contributed by atoms with Crippen LogP contribution in [-0.2, 0) is 13.1 Å². The maximum Gasteiger partial charge on any atom is 0.194 e. The third kappa shape index (κ3) is 6.25. The lowest BCUT2D eigenvalue weighted by Crippen LogP contribution is -2.39. The number of likely N-dealkylation sites (tertiary alicyclic amines) is 1. The molecule has 0 bridgehead atoms. The summed E-state index contributed by atoms with van der Waals surface area (Å²) in [5, 5.41) is 10.0. The highest BCUT2D eigenvalue weighted by Crippen LogP contribution is 2.20. The molecule has 0 aliphatic carbocycles. The van der Waals surface area contributed by atoms with E-state index in [0.717, 1.165) is 60.9 Å². The monoisotopic (exact) mass is 420 g/mol. The lowest BCUT2D eigenvalue weighted by Gasteiger charge is -2.31. The molecule has 0 aromatic carbocycles. The van der Waals surface area contributed by atoms with Gasteiger partial charge in [-0.1, -0.05) is 0 Å². The molecule has 6 nitrogen and oxygen atoms in total. The quantitative estimate of drug-likeness (QED) is 0.549. The number of guanidine groups is 1. The highest BCUT2D eigenvalue weighted by Gasteiger charge is 2.20. The SMILES string of the molecule is CCNC(=NCC1CCN(Cc2csc(C)n2)CC1)N(C)Cc1csc(C)n1. The van der Waals surface area contributed by atoms with Crippen molar-refractivity contribution in [2.75, 3.05) is 33.2 Å². The Kier molecular flexibility index (Phi) is 7.82. The van der Waals surface area contributed by atoms with Gasteiger partial charge in [-0.2, -0.15) is 0 Å². The molecule has 0 atom stereocenters. The van der Waals surface area contributed by atoms with E-state index < -0.39 is 0 Å². The summed E-state index contributed by atoms with van der Waals surface area (Å²) in [5.74, 6) is 1.64. The van der Waals surface area contributed by atoms with Crippen LogP contribution in [0.1, 0.15) is 41.2 Å². The average Bonchev–Trinajstić information content (AvgIpc) is 3.27. The first-order chi connectivity index (χ1) is 13.5. The van der Waals surface area contributed by atoms with Crippen LogP contribution in [0.3, 0.4) is 0 Å². The van der Waals surface area contributed by atoms with Crippen molar-refractivity contribution in [2.45, 2.75) is 46.7 Å². The van der Waals surface area contributed by atoms with Crippen molar-refractivity contribution in [2.24, 2.45) is 10.9 Å². The van der Waals surface area contributed by atoms with Crippen LogP contribution in [0.25, 0.3) is 0 Å². The van der Waals surface area contributed by atoms with Gasteiger partial charge in [0.05, 0.1) is 27.9 Å². The molecule has 1 fully saturated rings. The van der Waals surface area contributed by atoms with Crippen molar-refractivity contribution in [3.05, 3.63) is 32.2 Å². The van der Waals surface area contributed by atoms with Crippen LogP contribution in [-0.4, -0.2) is 59.0 Å². The molecule has 1 aliphatic rings. The fourth-order valence-electron chi connectivity index (χ4n) is 3.52. The second-order valence-corrected chi connectivity index (χ2v) is 9.61. The number of piperidine rings is 1. The maximum atomic E-state index is 4.93. The van der Waals surface area contributed by atoms with Crippen LogP contribution in [0.4, 0.5) is 0 Å². The minimum Gasteiger partial charge on any atom is -0.357 e. The van der Waals surface area contributed by atoms with Gasteiger partial charge in [0, 0.05) is 37.4 Å². The van der Waals surface area contributed by atoms with Gasteiger partial charge in [-0.25, -0.2) is 9.97 Å². The summed E-state index contributed by atoms with van der Waals surface area (Å²) >= 11 is 3.45. The third-order valence-electron chi connectivity index (χ3n) is 5.02. The standard InChI is InChI=1S/C20H32N6S2/c1-5-21-20(25(4)11-18-13-27-15(2)23-18)22-10-17-6-8-26(9-7-17)12-19-14-28-16(3)24-19/h13-14,17H,5-12H2,1-4H3,(H,21,22). The molecular formula is C20H32N6S2. The summed E-state index contributed by atoms with van der Waals surface area (Å²) in [7, 11) is 2.09. The second-order valence-electron chi connectivity index (χ2n) is 7.49. The van der Waals surface area contributed by atoms with Crippen LogP contribution in [0.5, 0.6) is 0 Å². The van der Waals surface area contributed by atoms with Gasteiger partial charge in [-0.15, -0.1) is 22.7 Å². The maximum absolute atomic E-state index is 4.93. The van der Waals surface area contributed by atoms with Gasteiger partial charge in [0.25, 0.3) is 0 Å². The number of aliphatic imine (C=N–C) groups is 1. The first-order valence-electron chi connectivity index (χ1n) is 10.1. The fourth-order valence-corrected chi connectivity index (χ4v) is 4.73. The Morgan fingerprint density at radius 1 is 1.18 bits per heavy atom. The van der Waals surface area contributed by atoms with E-state index in [-0.39, 0.29) is 0 Å². The number of hydrogen-bond acceptors (Lipinski definition) is 6. The number of rotatable bonds is 7. The lowest BCUT2D eigenvalue weighted by molar-refractivity contribution is 0.179. The molecule has 1 N–H and O–H groups in total. The van der Waals surface area contributed by atoms with Crippen molar-refractivity contribution in [3.63, 3.8) is 0 Å². The van der Waals surface area contributed by atoms with E-state index in [1.807, 2.05) is 0 Å². The van der Waals surface area contributed by atoms with Gasteiger partial charge in [-0.3, -0.25) is 9.89 Å². The first-order valence-corrected chi connectivity index (χ1v) is 11.8. The zero-order valence-electron chi connectivity index (χ0n) is 17.4. The van der Waals surface area contributed by atoms with Gasteiger partial charge in [0.1, 0.15) is 0 Å². The molecule has 3 heterocycles. The molecule has 1 saturated heterocycles. The average molecular weight is 421 g/mol. The van der Waals surface area contributed by atoms with Crippen LogP contribution >= 0.6 is 22.7 Å². The molecule has 0 saturated carbocycles. The van der Waals surface area contributed by atoms with Crippen LogP contribution < -0.4 is 5.32 Å². The molecule has 3 rings (SSSR count). The van der Waals surface area contributed by atoms with E-state index in [4.69, 9.17) is 4.99 Å². The molecule has 28 heavy (non-hydrogen) atoms. The number of aromatic nitrogens is 2. The molecule has 154 valence electrons. The predicted octanol–water partition coefficient (Wildman–Crippen LogP) is 3.53. The van der Waals surface area contributed by atoms with Crippen LogP contribution in [0.2, 0.25) is 0 Å². The van der Waals surface area contributed by atoms with E-state index in [1.165, 1.54) is 18.5 Å². The minimum atomic E-state index is 0.664. The first kappa shape index (κ1) is 21.2. The molecule has 2 aromatic rings. The fraction of sp³-hybridized carbons (Fsp3) is 0.650. The topological polar surface area (TPSA) is 56.7 Å². The molecule has 0 amide bonds. The molecule has 0 radical (unpaired) electrons. The summed E-state index contributed by atoms with van der Waals surface area (Å²) in [5.41, 5.74) is 2.33. The van der Waals surface area contributed by atoms with Gasteiger partial charge in [0.15, 0.2) is 5.96 Å². The minimum absolute atomic E-state index is 0.664. The molecule has 8 heteroatoms. The summed E-state index contributed by atoms with van der Waals surface area (Å²) in [6.07, 6.45) is 2.42. The summed E-state index contributed by atoms with van der Waals surface area (Å²) < 4.78 is 0. The smallest absolute Gasteiger partial charge is 0.194 e. The molecule has 0 spiro atoms. The Bertz CT molecular complexity index is 760. The number of nitrogens with zero attached hydrogens (tertiary/aromatic N) is 5. The Labute approximate surface area is 176 Å². The van der Waals surface area contributed by atoms with Crippen molar-refractivity contribution >= 4 is 28.6 Å². The van der Waals surface area contributed by atoms with Crippen molar-refractivity contribution in [1.82, 2.24) is 25.1 Å². The number of aryl methyl sites for hydroxylation is 2. The number of hydrogen-bond donors (Lipinski definition) is 1. The second kappa shape index (κ2) is 10.3. The third-order valence-corrected chi connectivity index (χ3v) is 6.67. The Balaban J connectivity index is 1.48. The molecule has 1 aliphatic heterocycles.